The summed E-state index contributed by atoms with van der Waals surface area (Å²) in [6, 6.07) is 10.5. The second kappa shape index (κ2) is 6.26. The number of aromatic carboxylic acids is 1. The third-order valence-electron chi connectivity index (χ3n) is 3.47. The first-order chi connectivity index (χ1) is 10.0. The van der Waals surface area contributed by atoms with Crippen molar-refractivity contribution in [3.8, 4) is 0 Å². The fourth-order valence-electron chi connectivity index (χ4n) is 2.22. The maximum Gasteiger partial charge on any atom is 0.335 e. The van der Waals surface area contributed by atoms with E-state index in [1.54, 1.807) is 46.8 Å². The van der Waals surface area contributed by atoms with E-state index in [1.807, 2.05) is 19.3 Å². The Morgan fingerprint density at radius 3 is 2.52 bits per heavy atom. The SMILES string of the molecule is CN(CCc1ccccc1C(=O)O)C(=O)c1cccn1C. The van der Waals surface area contributed by atoms with Gasteiger partial charge in [-0.05, 0) is 30.2 Å². The number of aromatic nitrogens is 1. The second-order valence-electron chi connectivity index (χ2n) is 4.94. The van der Waals surface area contributed by atoms with E-state index in [0.29, 0.717) is 18.7 Å². The predicted molar refractivity (Wildman–Crippen MR) is 79.5 cm³/mol. The van der Waals surface area contributed by atoms with Crippen LogP contribution in [0.1, 0.15) is 26.4 Å². The Labute approximate surface area is 123 Å². The van der Waals surface area contributed by atoms with Gasteiger partial charge in [-0.25, -0.2) is 4.79 Å². The van der Waals surface area contributed by atoms with Gasteiger partial charge in [0.05, 0.1) is 5.56 Å². The van der Waals surface area contributed by atoms with E-state index in [0.717, 1.165) is 5.56 Å². The molecule has 1 amide bonds. The van der Waals surface area contributed by atoms with Crippen LogP contribution in [-0.4, -0.2) is 40.0 Å². The fourth-order valence-corrected chi connectivity index (χ4v) is 2.22. The van der Waals surface area contributed by atoms with Crippen LogP contribution in [0.4, 0.5) is 0 Å². The molecule has 21 heavy (non-hydrogen) atoms. The normalized spacial score (nSPS) is 10.4. The number of carboxylic acid groups (broad SMARTS) is 1. The number of hydrogen-bond acceptors (Lipinski definition) is 2. The Balaban J connectivity index is 2.05. The maximum atomic E-state index is 12.3. The van der Waals surface area contributed by atoms with Crippen LogP contribution >= 0.6 is 0 Å². The summed E-state index contributed by atoms with van der Waals surface area (Å²) in [7, 11) is 3.54. The third-order valence-corrected chi connectivity index (χ3v) is 3.47. The lowest BCUT2D eigenvalue weighted by molar-refractivity contribution is 0.0695. The Kier molecular flexibility index (Phi) is 4.42. The van der Waals surface area contributed by atoms with Crippen LogP contribution in [-0.2, 0) is 13.5 Å². The fraction of sp³-hybridized carbons (Fsp3) is 0.250. The van der Waals surface area contributed by atoms with Crippen LogP contribution in [0.15, 0.2) is 42.6 Å². The molecule has 5 nitrogen and oxygen atoms in total. The first-order valence-corrected chi connectivity index (χ1v) is 6.68. The second-order valence-corrected chi connectivity index (χ2v) is 4.94. The van der Waals surface area contributed by atoms with Gasteiger partial charge in [0.15, 0.2) is 0 Å². The summed E-state index contributed by atoms with van der Waals surface area (Å²) in [5, 5.41) is 9.14. The molecule has 0 unspecified atom stereocenters. The van der Waals surface area contributed by atoms with Crippen molar-refractivity contribution in [2.24, 2.45) is 7.05 Å². The molecule has 0 bridgehead atoms. The number of amides is 1. The summed E-state index contributed by atoms with van der Waals surface area (Å²) >= 11 is 0. The molecule has 2 aromatic rings. The molecule has 1 aromatic carbocycles. The largest absolute Gasteiger partial charge is 0.478 e. The molecule has 1 N–H and O–H groups in total. The van der Waals surface area contributed by atoms with Gasteiger partial charge in [0, 0.05) is 26.8 Å². The van der Waals surface area contributed by atoms with Crippen molar-refractivity contribution in [2.75, 3.05) is 13.6 Å². The van der Waals surface area contributed by atoms with Crippen molar-refractivity contribution in [2.45, 2.75) is 6.42 Å². The van der Waals surface area contributed by atoms with Gasteiger partial charge in [0.25, 0.3) is 5.91 Å². The average molecular weight is 286 g/mol. The monoisotopic (exact) mass is 286 g/mol. The zero-order chi connectivity index (χ0) is 15.4. The van der Waals surface area contributed by atoms with E-state index in [4.69, 9.17) is 5.11 Å². The highest BCUT2D eigenvalue weighted by Gasteiger charge is 2.15. The summed E-state index contributed by atoms with van der Waals surface area (Å²) in [6.07, 6.45) is 2.33. The van der Waals surface area contributed by atoms with Gasteiger partial charge in [0.2, 0.25) is 0 Å². The number of nitrogens with zero attached hydrogens (tertiary/aromatic N) is 2. The first-order valence-electron chi connectivity index (χ1n) is 6.68. The number of benzene rings is 1. The molecule has 0 saturated carbocycles. The van der Waals surface area contributed by atoms with E-state index < -0.39 is 5.97 Å². The van der Waals surface area contributed by atoms with Gasteiger partial charge in [-0.3, -0.25) is 4.79 Å². The number of carbonyl (C=O) groups excluding carboxylic acids is 1. The van der Waals surface area contributed by atoms with Gasteiger partial charge in [0.1, 0.15) is 5.69 Å². The molecule has 1 aromatic heterocycles. The molecule has 5 heteroatoms. The lowest BCUT2D eigenvalue weighted by atomic mass is 10.0. The van der Waals surface area contributed by atoms with E-state index in [9.17, 15) is 9.59 Å². The predicted octanol–water partition coefficient (Wildman–Crippen LogP) is 2.04. The molecule has 0 fully saturated rings. The van der Waals surface area contributed by atoms with Gasteiger partial charge in [-0.15, -0.1) is 0 Å². The minimum atomic E-state index is -0.943. The summed E-state index contributed by atoms with van der Waals surface area (Å²) in [5.74, 6) is -1.02. The summed E-state index contributed by atoms with van der Waals surface area (Å²) in [5.41, 5.74) is 1.64. The molecule has 1 heterocycles. The minimum absolute atomic E-state index is 0.0738. The van der Waals surface area contributed by atoms with Crippen molar-refractivity contribution in [1.29, 1.82) is 0 Å². The highest BCUT2D eigenvalue weighted by molar-refractivity contribution is 5.92. The molecular formula is C16H18N2O3. The summed E-state index contributed by atoms with van der Waals surface area (Å²) in [6.45, 7) is 0.467. The number of carboxylic acids is 1. The minimum Gasteiger partial charge on any atom is -0.478 e. The topological polar surface area (TPSA) is 62.5 Å². The summed E-state index contributed by atoms with van der Waals surface area (Å²) < 4.78 is 1.77. The number of likely N-dealkylation sites (N-methyl/N-ethyl adjacent to an activating group) is 1. The van der Waals surface area contributed by atoms with Crippen LogP contribution in [0.5, 0.6) is 0 Å². The molecule has 0 atom stereocenters. The maximum absolute atomic E-state index is 12.3. The summed E-state index contributed by atoms with van der Waals surface area (Å²) in [4.78, 5) is 25.0. The van der Waals surface area contributed by atoms with Crippen LogP contribution in [0, 0.1) is 0 Å². The van der Waals surface area contributed by atoms with Crippen molar-refractivity contribution in [1.82, 2.24) is 9.47 Å². The molecule has 110 valence electrons. The Bertz CT molecular complexity index is 661. The lowest BCUT2D eigenvalue weighted by Gasteiger charge is -2.18. The highest BCUT2D eigenvalue weighted by Crippen LogP contribution is 2.11. The van der Waals surface area contributed by atoms with E-state index in [1.165, 1.54) is 0 Å². The van der Waals surface area contributed by atoms with E-state index >= 15 is 0 Å². The zero-order valence-electron chi connectivity index (χ0n) is 12.1. The molecule has 0 aliphatic carbocycles. The number of carbonyl (C=O) groups is 2. The quantitative estimate of drug-likeness (QED) is 0.915. The van der Waals surface area contributed by atoms with Crippen molar-refractivity contribution in [3.05, 3.63) is 59.4 Å². The zero-order valence-corrected chi connectivity index (χ0v) is 12.1. The van der Waals surface area contributed by atoms with E-state index in [2.05, 4.69) is 0 Å². The van der Waals surface area contributed by atoms with Crippen molar-refractivity contribution >= 4 is 11.9 Å². The molecule has 2 rings (SSSR count). The Morgan fingerprint density at radius 1 is 1.19 bits per heavy atom. The van der Waals surface area contributed by atoms with Gasteiger partial charge in [-0.2, -0.15) is 0 Å². The smallest absolute Gasteiger partial charge is 0.335 e. The van der Waals surface area contributed by atoms with Crippen LogP contribution < -0.4 is 0 Å². The van der Waals surface area contributed by atoms with Gasteiger partial charge >= 0.3 is 5.97 Å². The van der Waals surface area contributed by atoms with Crippen LogP contribution in [0.2, 0.25) is 0 Å². The lowest BCUT2D eigenvalue weighted by Crippen LogP contribution is -2.30. The molecule has 0 aliphatic heterocycles. The first kappa shape index (κ1) is 14.8. The molecule has 0 saturated heterocycles. The molecule has 0 radical (unpaired) electrons. The molecule has 0 aliphatic rings. The van der Waals surface area contributed by atoms with Gasteiger partial charge < -0.3 is 14.6 Å². The Hall–Kier alpha value is -2.56. The number of aryl methyl sites for hydroxylation is 1. The van der Waals surface area contributed by atoms with Crippen LogP contribution in [0.25, 0.3) is 0 Å². The number of hydrogen-bond donors (Lipinski definition) is 1. The third kappa shape index (κ3) is 3.31. The molecular weight excluding hydrogens is 268 g/mol. The van der Waals surface area contributed by atoms with Crippen molar-refractivity contribution < 1.29 is 14.7 Å². The van der Waals surface area contributed by atoms with E-state index in [-0.39, 0.29) is 11.5 Å². The molecule has 0 spiro atoms. The number of rotatable bonds is 5. The van der Waals surface area contributed by atoms with Crippen LogP contribution in [0.3, 0.4) is 0 Å². The standard InChI is InChI=1S/C16H18N2O3/c1-17-10-5-8-14(17)15(19)18(2)11-9-12-6-3-4-7-13(12)16(20)21/h3-8,10H,9,11H2,1-2H3,(H,20,21). The van der Waals surface area contributed by atoms with Crippen molar-refractivity contribution in [3.63, 3.8) is 0 Å². The highest BCUT2D eigenvalue weighted by atomic mass is 16.4. The van der Waals surface area contributed by atoms with Gasteiger partial charge in [-0.1, -0.05) is 18.2 Å². The average Bonchev–Trinajstić information content (AvgIpc) is 2.90. The Morgan fingerprint density at radius 2 is 1.90 bits per heavy atom.